The largest absolute Gasteiger partial charge is 0.507 e. The number of amides is 2. The molecule has 6 rings (SSSR count). The van der Waals surface area contributed by atoms with Crippen LogP contribution in [0.15, 0.2) is 96.2 Å². The summed E-state index contributed by atoms with van der Waals surface area (Å²) in [7, 11) is 0. The molecule has 0 unspecified atom stereocenters. The van der Waals surface area contributed by atoms with Crippen molar-refractivity contribution >= 4 is 45.6 Å². The van der Waals surface area contributed by atoms with E-state index in [4.69, 9.17) is 0 Å². The number of aliphatic hydroxyl groups excluding tert-OH is 3. The number of anilines is 1. The second-order valence-electron chi connectivity index (χ2n) is 11.8. The van der Waals surface area contributed by atoms with Crippen LogP contribution in [0.2, 0.25) is 0 Å². The molecule has 2 aliphatic rings. The number of hydrogen-bond acceptors (Lipinski definition) is 9. The van der Waals surface area contributed by atoms with E-state index in [1.54, 1.807) is 18.3 Å². The summed E-state index contributed by atoms with van der Waals surface area (Å²) in [6, 6.07) is 21.6. The number of aliphatic hydroxyl groups is 3. The Balaban J connectivity index is 1.31. The average molecular weight is 636 g/mol. The summed E-state index contributed by atoms with van der Waals surface area (Å²) in [6.45, 7) is -1.03. The van der Waals surface area contributed by atoms with Gasteiger partial charge < -0.3 is 20.4 Å². The Hall–Kier alpha value is -5.23. The lowest BCUT2D eigenvalue weighted by Crippen LogP contribution is -2.39. The van der Waals surface area contributed by atoms with Crippen LogP contribution in [0.3, 0.4) is 0 Å². The molecule has 4 N–H and O–H groups in total. The molecule has 3 aromatic carbocycles. The second-order valence-corrected chi connectivity index (χ2v) is 11.8. The van der Waals surface area contributed by atoms with Crippen LogP contribution in [0.1, 0.15) is 30.5 Å². The Labute approximate surface area is 269 Å². The maximum absolute atomic E-state index is 13.8. The molecule has 11 heteroatoms. The van der Waals surface area contributed by atoms with Gasteiger partial charge in [-0.15, -0.1) is 0 Å². The number of nitro benzene ring substituents is 1. The fourth-order valence-electron chi connectivity index (χ4n) is 7.00. The van der Waals surface area contributed by atoms with E-state index in [0.29, 0.717) is 28.6 Å². The number of carbonyl (C=O) groups excluding carboxylic acids is 2. The molecule has 2 amide bonds. The van der Waals surface area contributed by atoms with Gasteiger partial charge in [-0.2, -0.15) is 0 Å². The molecule has 0 bridgehead atoms. The van der Waals surface area contributed by atoms with Crippen molar-refractivity contribution in [3.8, 4) is 5.75 Å². The minimum atomic E-state index is -1.17. The van der Waals surface area contributed by atoms with Crippen LogP contribution in [-0.4, -0.2) is 61.5 Å². The molecule has 4 atom stereocenters. The van der Waals surface area contributed by atoms with Crippen LogP contribution in [-0.2, 0) is 9.59 Å². The lowest BCUT2D eigenvalue weighted by molar-refractivity contribution is -0.384. The van der Waals surface area contributed by atoms with Crippen LogP contribution in [0, 0.1) is 27.9 Å². The van der Waals surface area contributed by atoms with E-state index in [1.807, 2.05) is 48.5 Å². The number of carbonyl (C=O) groups is 2. The van der Waals surface area contributed by atoms with Gasteiger partial charge in [0.1, 0.15) is 5.75 Å². The molecule has 0 spiro atoms. The first kappa shape index (κ1) is 31.7. The zero-order valence-electron chi connectivity index (χ0n) is 25.3. The zero-order valence-corrected chi connectivity index (χ0v) is 25.3. The number of nitrogens with zero attached hydrogens (tertiary/aromatic N) is 3. The molecular weight excluding hydrogens is 602 g/mol. The van der Waals surface area contributed by atoms with E-state index < -0.39 is 53.8 Å². The van der Waals surface area contributed by atoms with Crippen molar-refractivity contribution in [2.75, 3.05) is 18.1 Å². The number of pyridine rings is 1. The molecule has 0 radical (unpaired) electrons. The molecule has 4 aromatic rings. The third-order valence-electron chi connectivity index (χ3n) is 9.17. The van der Waals surface area contributed by atoms with Gasteiger partial charge in [-0.25, -0.2) is 4.90 Å². The highest BCUT2D eigenvalue weighted by atomic mass is 16.6. The number of non-ortho nitro benzene ring substituents is 1. The summed E-state index contributed by atoms with van der Waals surface area (Å²) in [5, 5.41) is 55.9. The number of allylic oxidation sites excluding steroid dienone is 1. The number of aromatic hydroxyl groups is 1. The molecule has 1 aliphatic heterocycles. The topological polar surface area (TPSA) is 174 Å². The maximum atomic E-state index is 13.8. The predicted octanol–water partition coefficient (Wildman–Crippen LogP) is 4.64. The van der Waals surface area contributed by atoms with Gasteiger partial charge in [0.25, 0.3) is 5.69 Å². The summed E-state index contributed by atoms with van der Waals surface area (Å²) in [5.74, 6) is -3.89. The number of phenols is 1. The summed E-state index contributed by atoms with van der Waals surface area (Å²) in [6.07, 6.45) is 2.93. The lowest BCUT2D eigenvalue weighted by Gasteiger charge is -2.36. The van der Waals surface area contributed by atoms with Gasteiger partial charge in [0.2, 0.25) is 11.8 Å². The maximum Gasteiger partial charge on any atom is 0.271 e. The lowest BCUT2D eigenvalue weighted by atomic mass is 9.68. The fraction of sp³-hybridized carbons (Fsp3) is 0.250. The number of nitro groups is 1. The Kier molecular flexibility index (Phi) is 8.95. The number of benzene rings is 3. The SMILES string of the molecule is O=C1[C@@H]2[C@@H](CC(CO)=C([C@H](O)CC/C(=C/c3ccc(O)c4ccccc34)c3ccccn3)[C@@H]2CO)C(=O)N1c1cccc([N+](=O)[O-])c1. The number of imide groups is 1. The van der Waals surface area contributed by atoms with Crippen molar-refractivity contribution in [3.63, 3.8) is 0 Å². The quantitative estimate of drug-likeness (QED) is 0.0838. The van der Waals surface area contributed by atoms with Crippen molar-refractivity contribution in [2.45, 2.75) is 25.4 Å². The zero-order chi connectivity index (χ0) is 33.2. The van der Waals surface area contributed by atoms with E-state index in [1.165, 1.54) is 18.2 Å². The normalized spacial score (nSPS) is 20.5. The number of rotatable bonds is 10. The number of fused-ring (bicyclic) bond motifs is 2. The minimum Gasteiger partial charge on any atom is -0.507 e. The van der Waals surface area contributed by atoms with E-state index in [-0.39, 0.29) is 30.0 Å². The molecule has 0 saturated carbocycles. The minimum absolute atomic E-state index is 0.00248. The number of hydrogen-bond donors (Lipinski definition) is 4. The second kappa shape index (κ2) is 13.2. The van der Waals surface area contributed by atoms with Gasteiger partial charge in [0, 0.05) is 29.6 Å². The highest BCUT2D eigenvalue weighted by Crippen LogP contribution is 2.47. The summed E-state index contributed by atoms with van der Waals surface area (Å²) >= 11 is 0. The molecule has 1 saturated heterocycles. The first-order chi connectivity index (χ1) is 22.7. The summed E-state index contributed by atoms with van der Waals surface area (Å²) in [4.78, 5) is 43.5. The first-order valence-electron chi connectivity index (χ1n) is 15.3. The van der Waals surface area contributed by atoms with Gasteiger partial charge in [0.15, 0.2) is 0 Å². The number of phenolic OH excluding ortho intramolecular Hbond substituents is 1. The van der Waals surface area contributed by atoms with E-state index >= 15 is 0 Å². The predicted molar refractivity (Wildman–Crippen MR) is 175 cm³/mol. The monoisotopic (exact) mass is 635 g/mol. The van der Waals surface area contributed by atoms with E-state index in [0.717, 1.165) is 27.5 Å². The van der Waals surface area contributed by atoms with Crippen molar-refractivity contribution in [3.05, 3.63) is 118 Å². The fourth-order valence-corrected chi connectivity index (χ4v) is 7.00. The molecule has 1 aromatic heterocycles. The van der Waals surface area contributed by atoms with Gasteiger partial charge >= 0.3 is 0 Å². The Morgan fingerprint density at radius 3 is 2.47 bits per heavy atom. The standard InChI is InChI=1S/C36H33N3O8/c40-19-23-17-28-34(36(45)38(35(28)44)24-6-5-7-25(18-24)39(46)47)29(20-41)33(23)32(43)14-12-22(30-10-3-4-15-37-30)16-21-11-13-31(42)27-9-2-1-8-26(21)27/h1-11,13,15-16,18,28-29,32,34,40-43H,12,14,17,19-20H2/b22-16-/t28-,29+,32-,34-/m1/s1. The molecule has 47 heavy (non-hydrogen) atoms. The number of aromatic nitrogens is 1. The first-order valence-corrected chi connectivity index (χ1v) is 15.3. The molecule has 1 fully saturated rings. The average Bonchev–Trinajstić information content (AvgIpc) is 3.35. The van der Waals surface area contributed by atoms with Crippen LogP contribution >= 0.6 is 0 Å². The third-order valence-corrected chi connectivity index (χ3v) is 9.17. The van der Waals surface area contributed by atoms with Gasteiger partial charge in [-0.3, -0.25) is 24.7 Å². The van der Waals surface area contributed by atoms with Crippen LogP contribution in [0.4, 0.5) is 11.4 Å². The van der Waals surface area contributed by atoms with Crippen molar-refractivity contribution in [1.82, 2.24) is 4.98 Å². The third kappa shape index (κ3) is 5.92. The van der Waals surface area contributed by atoms with Crippen molar-refractivity contribution in [2.24, 2.45) is 17.8 Å². The van der Waals surface area contributed by atoms with Crippen molar-refractivity contribution < 1.29 is 34.9 Å². The van der Waals surface area contributed by atoms with Gasteiger partial charge in [0.05, 0.1) is 47.5 Å². The molecule has 240 valence electrons. The van der Waals surface area contributed by atoms with Crippen LogP contribution < -0.4 is 4.90 Å². The van der Waals surface area contributed by atoms with Crippen molar-refractivity contribution in [1.29, 1.82) is 0 Å². The summed E-state index contributed by atoms with van der Waals surface area (Å²) < 4.78 is 0. The van der Waals surface area contributed by atoms with Crippen LogP contribution in [0.5, 0.6) is 5.75 Å². The molecule has 11 nitrogen and oxygen atoms in total. The molecule has 1 aliphatic carbocycles. The Morgan fingerprint density at radius 1 is 1.00 bits per heavy atom. The highest BCUT2D eigenvalue weighted by molar-refractivity contribution is 6.22. The highest BCUT2D eigenvalue weighted by Gasteiger charge is 2.55. The Morgan fingerprint density at radius 2 is 1.77 bits per heavy atom. The van der Waals surface area contributed by atoms with E-state index in [2.05, 4.69) is 4.98 Å². The smallest absolute Gasteiger partial charge is 0.271 e. The summed E-state index contributed by atoms with van der Waals surface area (Å²) in [5.41, 5.74) is 2.80. The van der Waals surface area contributed by atoms with Crippen LogP contribution in [0.25, 0.3) is 22.4 Å². The van der Waals surface area contributed by atoms with Gasteiger partial charge in [-0.05, 0) is 77.3 Å². The van der Waals surface area contributed by atoms with E-state index in [9.17, 15) is 40.1 Å². The molecular formula is C36H33N3O8. The Bertz CT molecular complexity index is 1920. The van der Waals surface area contributed by atoms with Gasteiger partial charge in [-0.1, -0.05) is 42.5 Å². The molecule has 2 heterocycles.